The van der Waals surface area contributed by atoms with E-state index in [9.17, 15) is 27.6 Å². The highest BCUT2D eigenvalue weighted by molar-refractivity contribution is 6.08. The molecule has 0 bridgehead atoms. The van der Waals surface area contributed by atoms with Gasteiger partial charge in [-0.15, -0.1) is 0 Å². The second kappa shape index (κ2) is 7.38. The van der Waals surface area contributed by atoms with E-state index in [2.05, 4.69) is 5.32 Å². The molecular weight excluding hydrogens is 413 g/mol. The number of para-hydroxylation sites is 1. The van der Waals surface area contributed by atoms with Gasteiger partial charge in [-0.1, -0.05) is 18.2 Å². The summed E-state index contributed by atoms with van der Waals surface area (Å²) in [7, 11) is 0. The SMILES string of the molecule is NC(=O)[C@@H]1C[C@@]2(CN1C(=O)[C@@H](N)Cc1cc(F)c(F)cc1F)C(=O)Nc1ccccc12. The van der Waals surface area contributed by atoms with E-state index in [1.807, 2.05) is 0 Å². The topological polar surface area (TPSA) is 119 Å². The van der Waals surface area contributed by atoms with Gasteiger partial charge in [-0.25, -0.2) is 13.2 Å². The molecule has 2 aromatic rings. The monoisotopic (exact) mass is 432 g/mol. The molecule has 2 heterocycles. The number of carbonyl (C=O) groups excluding carboxylic acids is 3. The van der Waals surface area contributed by atoms with Gasteiger partial charge in [-0.05, 0) is 36.1 Å². The van der Waals surface area contributed by atoms with Gasteiger partial charge in [0, 0.05) is 18.3 Å². The molecule has 4 rings (SSSR count). The van der Waals surface area contributed by atoms with E-state index >= 15 is 0 Å². The maximum Gasteiger partial charge on any atom is 0.240 e. The predicted molar refractivity (Wildman–Crippen MR) is 104 cm³/mol. The molecule has 1 saturated heterocycles. The number of halogens is 3. The molecule has 10 heteroatoms. The van der Waals surface area contributed by atoms with Crippen molar-refractivity contribution in [2.24, 2.45) is 11.5 Å². The van der Waals surface area contributed by atoms with E-state index in [0.29, 0.717) is 23.4 Å². The van der Waals surface area contributed by atoms with Crippen LogP contribution in [0.15, 0.2) is 36.4 Å². The molecule has 0 radical (unpaired) electrons. The van der Waals surface area contributed by atoms with Gasteiger partial charge in [0.05, 0.1) is 11.5 Å². The molecule has 3 amide bonds. The molecule has 2 aromatic carbocycles. The standard InChI is InChI=1S/C21H19F3N4O3/c22-12-7-14(24)13(23)5-10(12)6-15(25)19(30)28-9-21(8-17(28)18(26)29)11-3-1-2-4-16(11)27-20(21)31/h1-5,7,15,17H,6,8-9,25H2,(H2,26,29)(H,27,31)/t15-,17-,21-/m0/s1. The Morgan fingerprint density at radius 1 is 1.16 bits per heavy atom. The molecule has 7 nitrogen and oxygen atoms in total. The zero-order valence-corrected chi connectivity index (χ0v) is 16.2. The summed E-state index contributed by atoms with van der Waals surface area (Å²) >= 11 is 0. The Kier molecular flexibility index (Phi) is 4.97. The Bertz CT molecular complexity index is 1110. The summed E-state index contributed by atoms with van der Waals surface area (Å²) in [5, 5.41) is 2.75. The van der Waals surface area contributed by atoms with Crippen molar-refractivity contribution < 1.29 is 27.6 Å². The summed E-state index contributed by atoms with van der Waals surface area (Å²) in [6.45, 7) is -0.143. The van der Waals surface area contributed by atoms with Crippen molar-refractivity contribution in [3.63, 3.8) is 0 Å². The number of nitrogens with one attached hydrogen (secondary N) is 1. The minimum atomic E-state index is -1.36. The number of benzene rings is 2. The highest BCUT2D eigenvalue weighted by Gasteiger charge is 2.57. The summed E-state index contributed by atoms with van der Waals surface area (Å²) in [6, 6.07) is 5.46. The highest BCUT2D eigenvalue weighted by Crippen LogP contribution is 2.46. The largest absolute Gasteiger partial charge is 0.368 e. The number of hydrogen-bond acceptors (Lipinski definition) is 4. The van der Waals surface area contributed by atoms with Gasteiger partial charge in [0.1, 0.15) is 11.9 Å². The Morgan fingerprint density at radius 2 is 1.84 bits per heavy atom. The number of hydrogen-bond donors (Lipinski definition) is 3. The first-order valence-electron chi connectivity index (χ1n) is 9.54. The van der Waals surface area contributed by atoms with Gasteiger partial charge in [0.2, 0.25) is 17.7 Å². The number of likely N-dealkylation sites (tertiary alicyclic amines) is 1. The van der Waals surface area contributed by atoms with Crippen molar-refractivity contribution in [3.05, 3.63) is 65.0 Å². The number of amides is 3. The molecule has 0 aliphatic carbocycles. The molecular formula is C21H19F3N4O3. The van der Waals surface area contributed by atoms with Gasteiger partial charge in [-0.2, -0.15) is 0 Å². The Labute approximate surface area is 175 Å². The van der Waals surface area contributed by atoms with Crippen LogP contribution in [0.1, 0.15) is 17.5 Å². The first kappa shape index (κ1) is 20.9. The Morgan fingerprint density at radius 3 is 2.55 bits per heavy atom. The van der Waals surface area contributed by atoms with Gasteiger partial charge >= 0.3 is 0 Å². The van der Waals surface area contributed by atoms with E-state index in [1.165, 1.54) is 0 Å². The number of anilines is 1. The first-order chi connectivity index (χ1) is 14.6. The maximum absolute atomic E-state index is 14.0. The summed E-state index contributed by atoms with van der Waals surface area (Å²) < 4.78 is 40.6. The summed E-state index contributed by atoms with van der Waals surface area (Å²) in [5.74, 6) is -5.60. The zero-order valence-electron chi connectivity index (χ0n) is 16.2. The molecule has 3 atom stereocenters. The van der Waals surface area contributed by atoms with Crippen LogP contribution in [-0.2, 0) is 26.2 Å². The highest BCUT2D eigenvalue weighted by atomic mass is 19.2. The second-order valence-electron chi connectivity index (χ2n) is 7.84. The van der Waals surface area contributed by atoms with Gasteiger partial charge in [0.25, 0.3) is 0 Å². The van der Waals surface area contributed by atoms with Crippen molar-refractivity contribution in [2.45, 2.75) is 30.3 Å². The minimum Gasteiger partial charge on any atom is -0.368 e. The van der Waals surface area contributed by atoms with E-state index in [-0.39, 0.29) is 24.4 Å². The lowest BCUT2D eigenvalue weighted by molar-refractivity contribution is -0.138. The molecule has 2 aliphatic heterocycles. The number of nitrogens with zero attached hydrogens (tertiary/aromatic N) is 1. The third kappa shape index (κ3) is 3.32. The summed E-state index contributed by atoms with van der Waals surface area (Å²) in [6.07, 6.45) is -0.456. The minimum absolute atomic E-state index is 0.0246. The first-order valence-corrected chi connectivity index (χ1v) is 9.54. The summed E-state index contributed by atoms with van der Waals surface area (Å²) in [4.78, 5) is 39.1. The lowest BCUT2D eigenvalue weighted by Gasteiger charge is -2.26. The van der Waals surface area contributed by atoms with Crippen molar-refractivity contribution in [2.75, 3.05) is 11.9 Å². The molecule has 1 fully saturated rings. The van der Waals surface area contributed by atoms with Crippen LogP contribution in [-0.4, -0.2) is 41.2 Å². The fourth-order valence-electron chi connectivity index (χ4n) is 4.38. The average molecular weight is 432 g/mol. The molecule has 0 aromatic heterocycles. The fourth-order valence-corrected chi connectivity index (χ4v) is 4.38. The quantitative estimate of drug-likeness (QED) is 0.624. The maximum atomic E-state index is 14.0. The molecule has 162 valence electrons. The molecule has 0 saturated carbocycles. The van der Waals surface area contributed by atoms with E-state index in [0.717, 1.165) is 4.90 Å². The predicted octanol–water partition coefficient (Wildman–Crippen LogP) is 0.950. The van der Waals surface area contributed by atoms with Crippen LogP contribution in [0.2, 0.25) is 0 Å². The normalized spacial score (nSPS) is 23.0. The Hall–Kier alpha value is -3.40. The number of carbonyl (C=O) groups is 3. The molecule has 0 unspecified atom stereocenters. The van der Waals surface area contributed by atoms with Crippen molar-refractivity contribution in [3.8, 4) is 0 Å². The van der Waals surface area contributed by atoms with Gasteiger partial charge in [-0.3, -0.25) is 14.4 Å². The van der Waals surface area contributed by atoms with E-state index in [4.69, 9.17) is 11.5 Å². The lowest BCUT2D eigenvalue weighted by Crippen LogP contribution is -2.51. The average Bonchev–Trinajstić information content (AvgIpc) is 3.25. The lowest BCUT2D eigenvalue weighted by atomic mass is 9.79. The van der Waals surface area contributed by atoms with Crippen LogP contribution in [0, 0.1) is 17.5 Å². The third-order valence-electron chi connectivity index (χ3n) is 5.94. The third-order valence-corrected chi connectivity index (χ3v) is 5.94. The fraction of sp³-hybridized carbons (Fsp3) is 0.286. The van der Waals surface area contributed by atoms with E-state index in [1.54, 1.807) is 24.3 Å². The van der Waals surface area contributed by atoms with Gasteiger partial charge in [0.15, 0.2) is 11.6 Å². The molecule has 2 aliphatic rings. The molecule has 31 heavy (non-hydrogen) atoms. The number of rotatable bonds is 4. The summed E-state index contributed by atoms with van der Waals surface area (Å²) in [5.41, 5.74) is 11.2. The van der Waals surface area contributed by atoms with Crippen LogP contribution in [0.5, 0.6) is 0 Å². The van der Waals surface area contributed by atoms with Gasteiger partial charge < -0.3 is 21.7 Å². The molecule has 1 spiro atoms. The van der Waals surface area contributed by atoms with Crippen molar-refractivity contribution in [1.29, 1.82) is 0 Å². The van der Waals surface area contributed by atoms with Crippen LogP contribution < -0.4 is 16.8 Å². The number of primary amides is 1. The Balaban J connectivity index is 1.62. The van der Waals surface area contributed by atoms with Crippen LogP contribution in [0.3, 0.4) is 0 Å². The smallest absolute Gasteiger partial charge is 0.240 e. The van der Waals surface area contributed by atoms with Crippen molar-refractivity contribution >= 4 is 23.4 Å². The van der Waals surface area contributed by atoms with Crippen LogP contribution in [0.4, 0.5) is 18.9 Å². The molecule has 5 N–H and O–H groups in total. The number of fused-ring (bicyclic) bond motifs is 2. The second-order valence-corrected chi connectivity index (χ2v) is 7.84. The van der Waals surface area contributed by atoms with Crippen molar-refractivity contribution in [1.82, 2.24) is 4.90 Å². The van der Waals surface area contributed by atoms with E-state index < -0.39 is 53.2 Å². The van der Waals surface area contributed by atoms with Crippen LogP contribution in [0.25, 0.3) is 0 Å². The number of nitrogens with two attached hydrogens (primary N) is 2. The van der Waals surface area contributed by atoms with Crippen LogP contribution >= 0.6 is 0 Å². The zero-order chi connectivity index (χ0) is 22.5.